The summed E-state index contributed by atoms with van der Waals surface area (Å²) in [4.78, 5) is 14.7. The molecular formula is C16H20BrClN4O. The zero-order chi connectivity index (χ0) is 15.5. The van der Waals surface area contributed by atoms with Crippen LogP contribution in [-0.4, -0.2) is 47.2 Å². The first-order valence-electron chi connectivity index (χ1n) is 7.47. The number of nitrogens with one attached hydrogen (secondary N) is 2. The molecule has 1 aromatic heterocycles. The van der Waals surface area contributed by atoms with Crippen molar-refractivity contribution in [3.8, 4) is 11.3 Å². The first-order valence-corrected chi connectivity index (χ1v) is 8.26. The second kappa shape index (κ2) is 7.95. The number of aromatic nitrogens is 2. The zero-order valence-corrected chi connectivity index (χ0v) is 15.3. The van der Waals surface area contributed by atoms with E-state index in [4.69, 9.17) is 0 Å². The lowest BCUT2D eigenvalue weighted by Gasteiger charge is -2.24. The van der Waals surface area contributed by atoms with Gasteiger partial charge >= 0.3 is 0 Å². The molecule has 2 aromatic rings. The predicted molar refractivity (Wildman–Crippen MR) is 97.0 cm³/mol. The normalized spacial score (nSPS) is 17.1. The molecule has 2 N–H and O–H groups in total. The summed E-state index contributed by atoms with van der Waals surface area (Å²) in [5, 5.41) is 10.4. The van der Waals surface area contributed by atoms with E-state index < -0.39 is 0 Å². The fourth-order valence-electron chi connectivity index (χ4n) is 2.95. The van der Waals surface area contributed by atoms with Gasteiger partial charge in [-0.05, 0) is 35.8 Å². The number of H-pyrrole nitrogens is 1. The first-order chi connectivity index (χ1) is 10.7. The Morgan fingerprint density at radius 3 is 2.87 bits per heavy atom. The Balaban J connectivity index is 0.00000192. The van der Waals surface area contributed by atoms with Gasteiger partial charge in [0, 0.05) is 24.7 Å². The van der Waals surface area contributed by atoms with Crippen LogP contribution in [0.1, 0.15) is 23.3 Å². The summed E-state index contributed by atoms with van der Waals surface area (Å²) in [6.45, 7) is 1.63. The highest BCUT2D eigenvalue weighted by atomic mass is 79.9. The molecule has 0 bridgehead atoms. The Labute approximate surface area is 150 Å². The highest BCUT2D eigenvalue weighted by Crippen LogP contribution is 2.30. The van der Waals surface area contributed by atoms with Crippen molar-refractivity contribution in [3.63, 3.8) is 0 Å². The Kier molecular flexibility index (Phi) is 6.21. The summed E-state index contributed by atoms with van der Waals surface area (Å²) < 4.78 is 0.735. The maximum absolute atomic E-state index is 12.8. The van der Waals surface area contributed by atoms with E-state index in [0.29, 0.717) is 5.69 Å². The van der Waals surface area contributed by atoms with Gasteiger partial charge in [-0.2, -0.15) is 5.10 Å². The van der Waals surface area contributed by atoms with Crippen LogP contribution in [0.25, 0.3) is 11.3 Å². The summed E-state index contributed by atoms with van der Waals surface area (Å²) >= 11 is 3.54. The molecule has 1 aromatic carbocycles. The lowest BCUT2D eigenvalue weighted by atomic mass is 10.1. The number of likely N-dealkylation sites (tertiary alicyclic amines) is 1. The van der Waals surface area contributed by atoms with Crippen LogP contribution in [-0.2, 0) is 0 Å². The molecule has 1 aliphatic rings. The molecule has 0 spiro atoms. The van der Waals surface area contributed by atoms with Crippen LogP contribution in [0, 0.1) is 0 Å². The highest BCUT2D eigenvalue weighted by Gasteiger charge is 2.31. The number of amides is 1. The Bertz CT molecular complexity index is 661. The minimum Gasteiger partial charge on any atom is -0.333 e. The third-order valence-corrected chi connectivity index (χ3v) is 4.82. The van der Waals surface area contributed by atoms with Gasteiger partial charge in [-0.3, -0.25) is 9.89 Å². The van der Waals surface area contributed by atoms with Crippen LogP contribution < -0.4 is 5.32 Å². The van der Waals surface area contributed by atoms with E-state index in [0.717, 1.165) is 41.7 Å². The number of aromatic amines is 1. The third kappa shape index (κ3) is 3.59. The Hall–Kier alpha value is -1.37. The predicted octanol–water partition coefficient (Wildman–Crippen LogP) is 3.09. The van der Waals surface area contributed by atoms with Gasteiger partial charge in [0.25, 0.3) is 5.91 Å². The molecule has 1 saturated heterocycles. The van der Waals surface area contributed by atoms with Gasteiger partial charge in [-0.1, -0.05) is 30.3 Å². The van der Waals surface area contributed by atoms with Crippen LogP contribution in [0.3, 0.4) is 0 Å². The fraction of sp³-hybridized carbons (Fsp3) is 0.375. The summed E-state index contributed by atoms with van der Waals surface area (Å²) in [5.41, 5.74) is 2.29. The number of rotatable bonds is 4. The van der Waals surface area contributed by atoms with Gasteiger partial charge in [0.1, 0.15) is 11.4 Å². The molecule has 1 atom stereocenters. The van der Waals surface area contributed by atoms with Crippen molar-refractivity contribution in [2.75, 3.05) is 20.1 Å². The molecule has 1 amide bonds. The molecule has 0 saturated carbocycles. The topological polar surface area (TPSA) is 61.0 Å². The summed E-state index contributed by atoms with van der Waals surface area (Å²) in [5.74, 6) is 0.0132. The monoisotopic (exact) mass is 398 g/mol. The average Bonchev–Trinajstić information content (AvgIpc) is 3.15. The molecule has 0 radical (unpaired) electrons. The van der Waals surface area contributed by atoms with Crippen molar-refractivity contribution in [2.24, 2.45) is 0 Å². The SMILES string of the molecule is CNCC1CCCN1C(=O)c1[nH]nc(-c2ccccc2)c1Br.Cl. The molecule has 1 fully saturated rings. The maximum atomic E-state index is 12.8. The van der Waals surface area contributed by atoms with Crippen molar-refractivity contribution in [3.05, 3.63) is 40.5 Å². The van der Waals surface area contributed by atoms with Gasteiger partial charge in [0.2, 0.25) is 0 Å². The molecule has 5 nitrogen and oxygen atoms in total. The molecule has 1 aliphatic heterocycles. The van der Waals surface area contributed by atoms with Crippen molar-refractivity contribution in [2.45, 2.75) is 18.9 Å². The van der Waals surface area contributed by atoms with Crippen LogP contribution in [0.15, 0.2) is 34.8 Å². The van der Waals surface area contributed by atoms with E-state index >= 15 is 0 Å². The van der Waals surface area contributed by atoms with Crippen molar-refractivity contribution in [1.29, 1.82) is 0 Å². The second-order valence-electron chi connectivity index (χ2n) is 5.48. The van der Waals surface area contributed by atoms with Crippen molar-refractivity contribution < 1.29 is 4.79 Å². The van der Waals surface area contributed by atoms with Crippen LogP contribution in [0.4, 0.5) is 0 Å². The van der Waals surface area contributed by atoms with E-state index in [1.165, 1.54) is 0 Å². The molecule has 1 unspecified atom stereocenters. The minimum atomic E-state index is 0. The third-order valence-electron chi connectivity index (χ3n) is 4.05. The van der Waals surface area contributed by atoms with Crippen molar-refractivity contribution >= 4 is 34.2 Å². The summed E-state index contributed by atoms with van der Waals surface area (Å²) in [6.07, 6.45) is 2.10. The van der Waals surface area contributed by atoms with Crippen LogP contribution in [0.2, 0.25) is 0 Å². The molecular weight excluding hydrogens is 380 g/mol. The summed E-state index contributed by atoms with van der Waals surface area (Å²) in [6, 6.07) is 10.1. The van der Waals surface area contributed by atoms with Crippen LogP contribution >= 0.6 is 28.3 Å². The van der Waals surface area contributed by atoms with E-state index in [-0.39, 0.29) is 24.4 Å². The number of carbonyl (C=O) groups excluding carboxylic acids is 1. The average molecular weight is 400 g/mol. The zero-order valence-electron chi connectivity index (χ0n) is 12.9. The first kappa shape index (κ1) is 18.0. The second-order valence-corrected chi connectivity index (χ2v) is 6.27. The number of halogens is 2. The Morgan fingerprint density at radius 2 is 2.17 bits per heavy atom. The van der Waals surface area contributed by atoms with Gasteiger partial charge in [0.15, 0.2) is 0 Å². The van der Waals surface area contributed by atoms with E-state index in [1.807, 2.05) is 42.3 Å². The number of hydrogen-bond acceptors (Lipinski definition) is 3. The van der Waals surface area contributed by atoms with Gasteiger partial charge in [0.05, 0.1) is 4.47 Å². The molecule has 7 heteroatoms. The largest absolute Gasteiger partial charge is 0.333 e. The number of hydrogen-bond donors (Lipinski definition) is 2. The smallest absolute Gasteiger partial charge is 0.273 e. The lowest BCUT2D eigenvalue weighted by Crippen LogP contribution is -2.41. The van der Waals surface area contributed by atoms with E-state index in [9.17, 15) is 4.79 Å². The fourth-order valence-corrected chi connectivity index (χ4v) is 3.53. The number of likely N-dealkylation sites (N-methyl/N-ethyl adjacent to an activating group) is 1. The van der Waals surface area contributed by atoms with Crippen LogP contribution in [0.5, 0.6) is 0 Å². The quantitative estimate of drug-likeness (QED) is 0.830. The minimum absolute atomic E-state index is 0. The molecule has 2 heterocycles. The van der Waals surface area contributed by atoms with E-state index in [2.05, 4.69) is 31.4 Å². The maximum Gasteiger partial charge on any atom is 0.273 e. The van der Waals surface area contributed by atoms with Gasteiger partial charge < -0.3 is 10.2 Å². The molecule has 3 rings (SSSR count). The highest BCUT2D eigenvalue weighted by molar-refractivity contribution is 9.10. The van der Waals surface area contributed by atoms with Gasteiger partial charge in [-0.25, -0.2) is 0 Å². The Morgan fingerprint density at radius 1 is 1.43 bits per heavy atom. The van der Waals surface area contributed by atoms with E-state index in [1.54, 1.807) is 0 Å². The van der Waals surface area contributed by atoms with Crippen molar-refractivity contribution in [1.82, 2.24) is 20.4 Å². The standard InChI is InChI=1S/C16H19BrN4O.ClH/c1-18-10-12-8-5-9-21(12)16(22)15-13(17)14(19-20-15)11-6-3-2-4-7-11;/h2-4,6-7,12,18H,5,8-10H2,1H3,(H,19,20);1H. The molecule has 23 heavy (non-hydrogen) atoms. The van der Waals surface area contributed by atoms with Gasteiger partial charge in [-0.15, -0.1) is 12.4 Å². The molecule has 124 valence electrons. The lowest BCUT2D eigenvalue weighted by molar-refractivity contribution is 0.0730. The number of carbonyl (C=O) groups is 1. The molecule has 0 aliphatic carbocycles. The summed E-state index contributed by atoms with van der Waals surface area (Å²) in [7, 11) is 1.92. The number of nitrogens with zero attached hydrogens (tertiary/aromatic N) is 2. The number of benzene rings is 1.